The molecule has 16 heteroatoms. The number of fused-ring (bicyclic) bond motifs is 2. The number of ether oxygens (including phenoxy) is 4. The number of nitrogens with one attached hydrogen (secondary N) is 3. The van der Waals surface area contributed by atoms with Crippen LogP contribution in [0.4, 0.5) is 5.69 Å². The first-order valence-electron chi connectivity index (χ1n) is 21.4. The minimum Gasteiger partial charge on any atom is -0.507 e. The molecule has 0 aliphatic carbocycles. The Morgan fingerprint density at radius 3 is 2.22 bits per heavy atom. The summed E-state index contributed by atoms with van der Waals surface area (Å²) in [6.45, 7) is 19.2. The fourth-order valence-electron chi connectivity index (χ4n) is 8.63. The first-order valence-corrected chi connectivity index (χ1v) is 21.4. The fourth-order valence-corrected chi connectivity index (χ4v) is 8.63. The monoisotopic (exact) mass is 871 g/mol. The van der Waals surface area contributed by atoms with Crippen molar-refractivity contribution < 1.29 is 53.8 Å². The average Bonchev–Trinajstić information content (AvgIpc) is 3.76. The molecule has 4 aromatic rings. The lowest BCUT2D eigenvalue weighted by Gasteiger charge is -2.38. The molecule has 1 saturated heterocycles. The molecular weight excluding hydrogens is 811 g/mol. The number of Topliss-reactive ketones (excluding diaryl/α,β-unsaturated/α-hetero) is 1. The Hall–Kier alpha value is -5.52. The number of piperazine rings is 1. The van der Waals surface area contributed by atoms with E-state index in [1.54, 1.807) is 63.4 Å². The molecule has 2 aromatic heterocycles. The van der Waals surface area contributed by atoms with Gasteiger partial charge in [0.25, 0.3) is 11.7 Å². The van der Waals surface area contributed by atoms with Gasteiger partial charge in [0.15, 0.2) is 5.75 Å². The van der Waals surface area contributed by atoms with Crippen molar-refractivity contribution in [1.82, 2.24) is 20.0 Å². The van der Waals surface area contributed by atoms with E-state index in [2.05, 4.69) is 16.0 Å². The van der Waals surface area contributed by atoms with Crippen molar-refractivity contribution in [3.8, 4) is 17.2 Å². The fraction of sp³-hybridized carbons (Fsp3) is 0.489. The van der Waals surface area contributed by atoms with E-state index >= 15 is 0 Å². The Morgan fingerprint density at radius 2 is 1.60 bits per heavy atom. The number of esters is 1. The molecule has 340 valence electrons. The summed E-state index contributed by atoms with van der Waals surface area (Å²) in [6.07, 6.45) is 5.62. The number of aromatic hydroxyl groups is 2. The Bertz CT molecular complexity index is 2480. The first-order chi connectivity index (χ1) is 29.8. The van der Waals surface area contributed by atoms with E-state index in [1.807, 2.05) is 19.1 Å². The second kappa shape index (κ2) is 19.1. The summed E-state index contributed by atoms with van der Waals surface area (Å²) in [5.74, 6) is -6.96. The number of benzene rings is 2. The van der Waals surface area contributed by atoms with Gasteiger partial charge >= 0.3 is 11.8 Å². The number of hydrogen-bond donors (Lipinski definition) is 7. The van der Waals surface area contributed by atoms with Crippen LogP contribution < -0.4 is 20.7 Å². The van der Waals surface area contributed by atoms with Crippen LogP contribution in [0.5, 0.6) is 17.2 Å². The molecule has 1 amide bonds. The molecule has 3 aliphatic rings. The molecule has 1 fully saturated rings. The minimum atomic E-state index is -1.96. The number of methoxy groups -OCH3 is 1. The second-order valence-corrected chi connectivity index (χ2v) is 17.1. The number of rotatable bonds is 2. The van der Waals surface area contributed by atoms with E-state index in [4.69, 9.17) is 23.9 Å². The van der Waals surface area contributed by atoms with Crippen molar-refractivity contribution >= 4 is 50.8 Å². The molecular formula is C47H61N5O11. The Morgan fingerprint density at radius 1 is 0.937 bits per heavy atom. The highest BCUT2D eigenvalue weighted by molar-refractivity contribution is 6.28. The van der Waals surface area contributed by atoms with E-state index in [-0.39, 0.29) is 55.7 Å². The molecule has 0 spiro atoms. The van der Waals surface area contributed by atoms with Crippen molar-refractivity contribution in [2.45, 2.75) is 92.5 Å². The summed E-state index contributed by atoms with van der Waals surface area (Å²) in [7, 11) is 1.46. The highest BCUT2D eigenvalue weighted by Crippen LogP contribution is 2.54. The number of imidazole rings is 1. The van der Waals surface area contributed by atoms with Crippen LogP contribution in [0.1, 0.15) is 70.0 Å². The highest BCUT2D eigenvalue weighted by atomic mass is 16.7. The number of phenols is 2. The lowest BCUT2D eigenvalue weighted by Crippen LogP contribution is -2.46. The van der Waals surface area contributed by atoms with Crippen molar-refractivity contribution in [3.05, 3.63) is 71.2 Å². The summed E-state index contributed by atoms with van der Waals surface area (Å²) < 4.78 is 25.5. The third-order valence-corrected chi connectivity index (χ3v) is 12.5. The van der Waals surface area contributed by atoms with Gasteiger partial charge in [0.05, 0.1) is 35.5 Å². The molecule has 63 heavy (non-hydrogen) atoms. The van der Waals surface area contributed by atoms with Crippen LogP contribution in [0.2, 0.25) is 0 Å². The van der Waals surface area contributed by atoms with Gasteiger partial charge in [0.2, 0.25) is 0 Å². The minimum absolute atomic E-state index is 0.0185. The molecule has 0 unspecified atom stereocenters. The predicted molar refractivity (Wildman–Crippen MR) is 239 cm³/mol. The second-order valence-electron chi connectivity index (χ2n) is 17.1. The van der Waals surface area contributed by atoms with Crippen LogP contribution in [0.3, 0.4) is 0 Å². The molecule has 7 N–H and O–H groups in total. The summed E-state index contributed by atoms with van der Waals surface area (Å²) in [6, 6.07) is 3.64. The van der Waals surface area contributed by atoms with E-state index in [0.717, 1.165) is 31.7 Å². The van der Waals surface area contributed by atoms with Gasteiger partial charge in [-0.1, -0.05) is 45.9 Å². The van der Waals surface area contributed by atoms with Crippen LogP contribution in [-0.2, 0) is 23.8 Å². The number of phenolic OH excluding ortho intramolecular Hbond substituents is 2. The van der Waals surface area contributed by atoms with Crippen LogP contribution in [0, 0.1) is 37.5 Å². The molecule has 4 bridgehead atoms. The van der Waals surface area contributed by atoms with E-state index < -0.39 is 77.3 Å². The molecule has 2 aromatic carbocycles. The molecule has 5 heterocycles. The van der Waals surface area contributed by atoms with Crippen molar-refractivity contribution in [2.24, 2.45) is 23.7 Å². The summed E-state index contributed by atoms with van der Waals surface area (Å²) in [5.41, 5.74) is 2.18. The van der Waals surface area contributed by atoms with Gasteiger partial charge in [-0.15, -0.1) is 0 Å². The molecule has 3 aliphatic heterocycles. The maximum absolute atomic E-state index is 14.6. The van der Waals surface area contributed by atoms with E-state index in [0.29, 0.717) is 5.65 Å². The maximum atomic E-state index is 14.6. The number of anilines is 1. The zero-order chi connectivity index (χ0) is 46.1. The number of aliphatic hydroxyl groups excluding tert-OH is 2. The number of allylic oxidation sites excluding steroid dienone is 2. The largest absolute Gasteiger partial charge is 0.507 e. The highest BCUT2D eigenvalue weighted by Gasteiger charge is 2.50. The van der Waals surface area contributed by atoms with Crippen molar-refractivity contribution in [2.75, 3.05) is 38.6 Å². The molecule has 7 rings (SSSR count). The van der Waals surface area contributed by atoms with Crippen molar-refractivity contribution in [1.29, 1.82) is 0 Å². The van der Waals surface area contributed by atoms with Crippen molar-refractivity contribution in [3.63, 3.8) is 0 Å². The van der Waals surface area contributed by atoms with Gasteiger partial charge in [0, 0.05) is 93.5 Å². The zero-order valence-corrected chi connectivity index (χ0v) is 37.6. The van der Waals surface area contributed by atoms with E-state index in [9.17, 15) is 34.8 Å². The molecule has 9 atom stereocenters. The number of carbonyl (C=O) groups excluding carboxylic acids is 3. The maximum Gasteiger partial charge on any atom is 0.312 e. The molecule has 0 saturated carbocycles. The Labute approximate surface area is 366 Å². The Balaban J connectivity index is 0.00000101. The molecule has 16 nitrogen and oxygen atoms in total. The van der Waals surface area contributed by atoms with Gasteiger partial charge in [-0.25, -0.2) is 4.98 Å². The average molecular weight is 872 g/mol. The number of hydrogen-bond acceptors (Lipinski definition) is 14. The number of ketones is 1. The third-order valence-electron chi connectivity index (χ3n) is 12.5. The number of pyridine rings is 1. The number of carbonyl (C=O) groups is 3. The predicted octanol–water partition coefficient (Wildman–Crippen LogP) is 5.34. The van der Waals surface area contributed by atoms with Crippen LogP contribution >= 0.6 is 0 Å². The number of amides is 1. The zero-order valence-electron chi connectivity index (χ0n) is 37.6. The van der Waals surface area contributed by atoms with Gasteiger partial charge in [-0.2, -0.15) is 0 Å². The lowest BCUT2D eigenvalue weighted by molar-refractivity contribution is -0.160. The number of nitrogens with zero attached hydrogens (tertiary/aromatic N) is 2. The summed E-state index contributed by atoms with van der Waals surface area (Å²) >= 11 is 0. The summed E-state index contributed by atoms with van der Waals surface area (Å²) in [5, 5.41) is 55.8. The third kappa shape index (κ3) is 9.13. The van der Waals surface area contributed by atoms with Gasteiger partial charge in [0.1, 0.15) is 40.0 Å². The standard InChI is InChI=1S/C43H51N3O11.C4H10N2/c1-19-14-16-46-28(18-19)44-32-29-30-37(50)25(7)40-31(29)41(52)43(9,57-40)55-17-15-27(54-10)22(4)39(56-26(8)47)24(6)36(49)23(5)35(48)20(2)12-11-13-21(3)42(53)45-33(34(32)46)38(30)51;1-2-6-4-3-5-1/h11-18,20,22-24,27,35-36,39,48-51H,1-10H3,(H,45,53);5-6H,1-4H2/b12-11+,17-15+,21-13-;/t20-,22-,23+,24+,27-,35-,36+,39-,43-;/m0./s1. The van der Waals surface area contributed by atoms with Crippen LogP contribution in [-0.4, -0.2) is 111 Å². The van der Waals surface area contributed by atoms with E-state index in [1.165, 1.54) is 40.2 Å². The SMILES string of the molecule is C1CNCCN1.CO[C@H]1/C=C/O[C@@]2(C)Oc3c(C)c(O)c4c(O)c(c5c(nc6cc(C)ccn65)c4c3C2=O)NC(=O)/C(C)=C\C=C\[C@H](C)[C@H](O)[C@@H](C)[C@@H](O)[C@@H](C)[C@@H](OC(C)=O)[C@H]1C. The normalized spacial score (nSPS) is 30.2. The van der Waals surface area contributed by atoms with Gasteiger partial charge < -0.3 is 55.3 Å². The first kappa shape index (κ1) is 47.0. The topological polar surface area (TPSA) is 222 Å². The van der Waals surface area contributed by atoms with Gasteiger partial charge in [-0.05, 0) is 44.5 Å². The summed E-state index contributed by atoms with van der Waals surface area (Å²) in [4.78, 5) is 45.6. The number of aliphatic hydroxyl groups is 2. The lowest BCUT2D eigenvalue weighted by atomic mass is 9.78. The van der Waals surface area contributed by atoms with Crippen LogP contribution in [0.25, 0.3) is 27.5 Å². The van der Waals surface area contributed by atoms with Crippen LogP contribution in [0.15, 0.2) is 54.5 Å². The number of aromatic nitrogens is 2. The number of aryl methyl sites for hydroxylation is 1. The quantitative estimate of drug-likeness (QED) is 0.0999. The Kier molecular flexibility index (Phi) is 14.2. The molecule has 0 radical (unpaired) electrons. The smallest absolute Gasteiger partial charge is 0.312 e. The van der Waals surface area contributed by atoms with Gasteiger partial charge in [-0.3, -0.25) is 18.8 Å².